The highest BCUT2D eigenvalue weighted by Crippen LogP contribution is 2.19. The zero-order valence-electron chi connectivity index (χ0n) is 6.09. The van der Waals surface area contributed by atoms with E-state index >= 15 is 0 Å². The second kappa shape index (κ2) is 3.18. The first kappa shape index (κ1) is 9.12. The maximum Gasteiger partial charge on any atom is 0.280 e. The van der Waals surface area contributed by atoms with E-state index in [0.29, 0.717) is 0 Å². The SMILES string of the molecule is Cn1nc(C(=O)Cl)cc1C(F)F. The van der Waals surface area contributed by atoms with Crippen LogP contribution in [0, 0.1) is 0 Å². The van der Waals surface area contributed by atoms with Crippen molar-refractivity contribution in [2.45, 2.75) is 6.43 Å². The first-order valence-electron chi connectivity index (χ1n) is 3.04. The molecule has 0 aliphatic carbocycles. The number of hydrogen-bond donors (Lipinski definition) is 0. The van der Waals surface area contributed by atoms with Crippen LogP contribution in [0.25, 0.3) is 0 Å². The molecule has 1 aromatic rings. The minimum atomic E-state index is -2.65. The molecule has 12 heavy (non-hydrogen) atoms. The van der Waals surface area contributed by atoms with E-state index in [-0.39, 0.29) is 11.4 Å². The van der Waals surface area contributed by atoms with Crippen LogP contribution in [0.5, 0.6) is 0 Å². The summed E-state index contributed by atoms with van der Waals surface area (Å²) in [6, 6.07) is 0.972. The number of alkyl halides is 2. The Morgan fingerprint density at radius 3 is 2.58 bits per heavy atom. The number of carbonyl (C=O) groups excluding carboxylic acids is 1. The van der Waals surface area contributed by atoms with Crippen LogP contribution in [0.15, 0.2) is 6.07 Å². The highest BCUT2D eigenvalue weighted by atomic mass is 35.5. The molecule has 0 saturated carbocycles. The van der Waals surface area contributed by atoms with Gasteiger partial charge in [0.15, 0.2) is 0 Å². The maximum absolute atomic E-state index is 12.1. The summed E-state index contributed by atoms with van der Waals surface area (Å²) in [6.45, 7) is 0. The number of hydrogen-bond acceptors (Lipinski definition) is 2. The number of rotatable bonds is 2. The molecule has 0 spiro atoms. The number of aromatic nitrogens is 2. The van der Waals surface area contributed by atoms with Gasteiger partial charge >= 0.3 is 0 Å². The Labute approximate surface area is 71.9 Å². The third-order valence-corrected chi connectivity index (χ3v) is 1.53. The van der Waals surface area contributed by atoms with Gasteiger partial charge in [-0.05, 0) is 17.7 Å². The standard InChI is InChI=1S/C6H5ClF2N2O/c1-11-4(6(8)9)2-3(10-11)5(7)12/h2,6H,1H3. The van der Waals surface area contributed by atoms with Gasteiger partial charge in [-0.3, -0.25) is 9.48 Å². The van der Waals surface area contributed by atoms with E-state index in [0.717, 1.165) is 10.7 Å². The average molecular weight is 195 g/mol. The van der Waals surface area contributed by atoms with E-state index in [1.165, 1.54) is 7.05 Å². The molecule has 0 amide bonds. The molecule has 0 radical (unpaired) electrons. The predicted molar refractivity (Wildman–Crippen MR) is 38.3 cm³/mol. The Balaban J connectivity index is 3.09. The second-order valence-electron chi connectivity index (χ2n) is 2.15. The molecular formula is C6H5ClF2N2O. The van der Waals surface area contributed by atoms with Gasteiger partial charge in [-0.1, -0.05) is 0 Å². The van der Waals surface area contributed by atoms with Gasteiger partial charge in [0.25, 0.3) is 11.7 Å². The lowest BCUT2D eigenvalue weighted by Gasteiger charge is -1.96. The van der Waals surface area contributed by atoms with Gasteiger partial charge in [0, 0.05) is 7.05 Å². The minimum absolute atomic E-state index is 0.158. The molecule has 1 rings (SSSR count). The molecule has 3 nitrogen and oxygen atoms in total. The van der Waals surface area contributed by atoms with Crippen LogP contribution < -0.4 is 0 Å². The lowest BCUT2D eigenvalue weighted by atomic mass is 10.4. The van der Waals surface area contributed by atoms with Crippen molar-refractivity contribution in [2.75, 3.05) is 0 Å². The van der Waals surface area contributed by atoms with Crippen molar-refractivity contribution >= 4 is 16.8 Å². The molecule has 0 fully saturated rings. The highest BCUT2D eigenvalue weighted by Gasteiger charge is 2.16. The molecule has 0 bridgehead atoms. The number of aryl methyl sites for hydroxylation is 1. The topological polar surface area (TPSA) is 34.9 Å². The van der Waals surface area contributed by atoms with E-state index in [9.17, 15) is 13.6 Å². The third-order valence-electron chi connectivity index (χ3n) is 1.34. The number of carbonyl (C=O) groups is 1. The van der Waals surface area contributed by atoms with Crippen molar-refractivity contribution in [3.63, 3.8) is 0 Å². The quantitative estimate of drug-likeness (QED) is 0.672. The highest BCUT2D eigenvalue weighted by molar-refractivity contribution is 6.67. The fourth-order valence-electron chi connectivity index (χ4n) is 0.782. The molecule has 0 N–H and O–H groups in total. The van der Waals surface area contributed by atoms with E-state index in [2.05, 4.69) is 5.10 Å². The molecular weight excluding hydrogens is 190 g/mol. The van der Waals surface area contributed by atoms with E-state index in [1.807, 2.05) is 0 Å². The molecule has 66 valence electrons. The van der Waals surface area contributed by atoms with Crippen LogP contribution in [0.1, 0.15) is 22.6 Å². The summed E-state index contributed by atoms with van der Waals surface area (Å²) in [7, 11) is 1.32. The molecule has 6 heteroatoms. The Kier molecular flexibility index (Phi) is 2.42. The van der Waals surface area contributed by atoms with Crippen molar-refractivity contribution < 1.29 is 13.6 Å². The molecule has 0 aliphatic heterocycles. The van der Waals surface area contributed by atoms with Gasteiger partial charge < -0.3 is 0 Å². The zero-order chi connectivity index (χ0) is 9.30. The Morgan fingerprint density at radius 2 is 2.33 bits per heavy atom. The van der Waals surface area contributed by atoms with E-state index in [1.54, 1.807) is 0 Å². The average Bonchev–Trinajstić information content (AvgIpc) is 2.30. The fraction of sp³-hybridized carbons (Fsp3) is 0.333. The van der Waals surface area contributed by atoms with Crippen molar-refractivity contribution in [1.29, 1.82) is 0 Å². The molecule has 0 unspecified atom stereocenters. The first-order chi connectivity index (χ1) is 5.52. The summed E-state index contributed by atoms with van der Waals surface area (Å²) in [5, 5.41) is 2.65. The van der Waals surface area contributed by atoms with Crippen LogP contribution in [-0.4, -0.2) is 15.0 Å². The van der Waals surface area contributed by atoms with Crippen molar-refractivity contribution in [3.8, 4) is 0 Å². The summed E-state index contributed by atoms with van der Waals surface area (Å²) in [5.41, 5.74) is -0.478. The van der Waals surface area contributed by atoms with Crippen LogP contribution in [0.3, 0.4) is 0 Å². The summed E-state index contributed by atoms with van der Waals surface area (Å²) in [6.07, 6.45) is -2.65. The van der Waals surface area contributed by atoms with Crippen LogP contribution in [0.2, 0.25) is 0 Å². The largest absolute Gasteiger partial charge is 0.280 e. The van der Waals surface area contributed by atoms with Gasteiger partial charge in [0.1, 0.15) is 11.4 Å². The molecule has 0 saturated heterocycles. The van der Waals surface area contributed by atoms with Gasteiger partial charge in [-0.2, -0.15) is 5.10 Å². The van der Waals surface area contributed by atoms with Gasteiger partial charge in [0.2, 0.25) is 0 Å². The Morgan fingerprint density at radius 1 is 1.75 bits per heavy atom. The lowest BCUT2D eigenvalue weighted by Crippen LogP contribution is -1.98. The smallest absolute Gasteiger partial charge is 0.274 e. The summed E-state index contributed by atoms with van der Waals surface area (Å²) in [4.78, 5) is 10.5. The van der Waals surface area contributed by atoms with Crippen LogP contribution in [-0.2, 0) is 7.05 Å². The van der Waals surface area contributed by atoms with Gasteiger partial charge in [0.05, 0.1) is 0 Å². The minimum Gasteiger partial charge on any atom is -0.274 e. The van der Waals surface area contributed by atoms with E-state index < -0.39 is 11.7 Å². The van der Waals surface area contributed by atoms with Crippen LogP contribution >= 0.6 is 11.6 Å². The third kappa shape index (κ3) is 1.61. The molecule has 0 atom stereocenters. The zero-order valence-corrected chi connectivity index (χ0v) is 6.85. The Hall–Kier alpha value is -0.970. The summed E-state index contributed by atoms with van der Waals surface area (Å²) < 4.78 is 25.1. The normalized spacial score (nSPS) is 10.8. The summed E-state index contributed by atoms with van der Waals surface area (Å²) >= 11 is 5.03. The number of nitrogens with zero attached hydrogens (tertiary/aromatic N) is 2. The fourth-order valence-corrected chi connectivity index (χ4v) is 0.874. The molecule has 0 aliphatic rings. The van der Waals surface area contributed by atoms with Crippen LogP contribution in [0.4, 0.5) is 8.78 Å². The molecule has 1 heterocycles. The lowest BCUT2D eigenvalue weighted by molar-refractivity contribution is 0.107. The number of halogens is 3. The van der Waals surface area contributed by atoms with Gasteiger partial charge in [-0.15, -0.1) is 0 Å². The van der Waals surface area contributed by atoms with Crippen molar-refractivity contribution in [3.05, 3.63) is 17.5 Å². The van der Waals surface area contributed by atoms with Gasteiger partial charge in [-0.25, -0.2) is 8.78 Å². The first-order valence-corrected chi connectivity index (χ1v) is 3.42. The Bertz CT molecular complexity index is 310. The monoisotopic (exact) mass is 194 g/mol. The van der Waals surface area contributed by atoms with E-state index in [4.69, 9.17) is 11.6 Å². The molecule has 1 aromatic heterocycles. The molecule has 0 aromatic carbocycles. The predicted octanol–water partition coefficient (Wildman–Crippen LogP) is 1.74. The summed E-state index contributed by atoms with van der Waals surface area (Å²) in [5.74, 6) is 0. The second-order valence-corrected chi connectivity index (χ2v) is 2.50. The maximum atomic E-state index is 12.1. The van der Waals surface area contributed by atoms with Crippen molar-refractivity contribution in [2.24, 2.45) is 7.05 Å². The van der Waals surface area contributed by atoms with Crippen molar-refractivity contribution in [1.82, 2.24) is 9.78 Å².